The summed E-state index contributed by atoms with van der Waals surface area (Å²) in [6, 6.07) is 16.3. The van der Waals surface area contributed by atoms with Gasteiger partial charge in [-0.05, 0) is 37.5 Å². The molecule has 0 spiro atoms. The van der Waals surface area contributed by atoms with Crippen molar-refractivity contribution in [1.29, 1.82) is 0 Å². The molecule has 0 aliphatic rings. The number of thioether (sulfide) groups is 1. The van der Waals surface area contributed by atoms with Gasteiger partial charge < -0.3 is 32.8 Å². The minimum Gasteiger partial charge on any atom is -0.493 e. The highest BCUT2D eigenvalue weighted by atomic mass is 32.2. The topological polar surface area (TPSA) is 129 Å². The Bertz CT molecular complexity index is 1900. The van der Waals surface area contributed by atoms with Gasteiger partial charge in [-0.25, -0.2) is 0 Å². The highest BCUT2D eigenvalue weighted by Crippen LogP contribution is 2.45. The lowest BCUT2D eigenvalue weighted by atomic mass is 10.1. The summed E-state index contributed by atoms with van der Waals surface area (Å²) in [7, 11) is 7.55. The van der Waals surface area contributed by atoms with E-state index in [0.717, 1.165) is 24.2 Å². The van der Waals surface area contributed by atoms with Crippen LogP contribution in [0.25, 0.3) is 22.3 Å². The molecule has 0 fully saturated rings. The number of unbranched alkanes of at least 4 members (excludes halogenated alkanes) is 1. The van der Waals surface area contributed by atoms with Crippen molar-refractivity contribution in [2.24, 2.45) is 5.10 Å². The molecule has 0 N–H and O–H groups in total. The monoisotopic (exact) mass is 660 g/mol. The smallest absolute Gasteiger partial charge is 0.212 e. The first-order valence-corrected chi connectivity index (χ1v) is 15.7. The van der Waals surface area contributed by atoms with Crippen molar-refractivity contribution in [3.05, 3.63) is 76.2 Å². The van der Waals surface area contributed by atoms with Crippen molar-refractivity contribution in [3.8, 4) is 45.8 Å². The van der Waals surface area contributed by atoms with Crippen molar-refractivity contribution >= 4 is 28.9 Å². The summed E-state index contributed by atoms with van der Waals surface area (Å²) in [6.07, 6.45) is 3.34. The number of aromatic nitrogens is 3. The summed E-state index contributed by atoms with van der Waals surface area (Å²) in [5.74, 6) is 4.00. The molecule has 0 saturated carbocycles. The van der Waals surface area contributed by atoms with Gasteiger partial charge in [-0.15, -0.1) is 10.2 Å². The fourth-order valence-electron chi connectivity index (χ4n) is 4.86. The maximum atomic E-state index is 13.5. The van der Waals surface area contributed by atoms with Gasteiger partial charge in [0.15, 0.2) is 34.3 Å². The second-order valence-corrected chi connectivity index (χ2v) is 11.2. The van der Waals surface area contributed by atoms with Gasteiger partial charge in [0.05, 0.1) is 48.4 Å². The molecule has 0 radical (unpaired) electrons. The average Bonchev–Trinajstić information content (AvgIpc) is 3.46. The third-order valence-corrected chi connectivity index (χ3v) is 8.18. The SMILES string of the molecule is COc1cc(-c2cc(=O)c3c(OC)c(OCCCCSc4nnc(C)n4N=Cc4ccccc4)c(OC)cc3o2)cc(OC)c1OC. The zero-order chi connectivity index (χ0) is 33.3. The van der Waals surface area contributed by atoms with Crippen LogP contribution in [0.15, 0.2) is 74.1 Å². The second-order valence-electron chi connectivity index (χ2n) is 10.1. The van der Waals surface area contributed by atoms with Crippen molar-refractivity contribution in [2.75, 3.05) is 47.9 Å². The van der Waals surface area contributed by atoms with Crippen LogP contribution in [0.1, 0.15) is 24.2 Å². The van der Waals surface area contributed by atoms with Crippen molar-refractivity contribution in [1.82, 2.24) is 14.9 Å². The lowest BCUT2D eigenvalue weighted by molar-refractivity contribution is 0.271. The average molecular weight is 661 g/mol. The Labute approximate surface area is 276 Å². The van der Waals surface area contributed by atoms with E-state index in [1.54, 1.807) is 40.9 Å². The minimum atomic E-state index is -0.315. The lowest BCUT2D eigenvalue weighted by Gasteiger charge is -2.17. The van der Waals surface area contributed by atoms with Gasteiger partial charge >= 0.3 is 0 Å². The van der Waals surface area contributed by atoms with Gasteiger partial charge in [-0.3, -0.25) is 4.79 Å². The molecule has 0 atom stereocenters. The molecule has 13 heteroatoms. The molecule has 5 aromatic rings. The molecular weight excluding hydrogens is 624 g/mol. The van der Waals surface area contributed by atoms with E-state index >= 15 is 0 Å². The fourth-order valence-corrected chi connectivity index (χ4v) is 5.79. The first kappa shape index (κ1) is 33.2. The third kappa shape index (κ3) is 7.30. The molecule has 246 valence electrons. The molecule has 0 amide bonds. The lowest BCUT2D eigenvalue weighted by Crippen LogP contribution is -2.07. The second kappa shape index (κ2) is 15.4. The zero-order valence-corrected chi connectivity index (χ0v) is 27.9. The van der Waals surface area contributed by atoms with E-state index in [2.05, 4.69) is 15.3 Å². The van der Waals surface area contributed by atoms with Gasteiger partial charge in [0.25, 0.3) is 0 Å². The quantitative estimate of drug-likeness (QED) is 0.0719. The number of fused-ring (bicyclic) bond motifs is 1. The van der Waals surface area contributed by atoms with Crippen LogP contribution in [-0.4, -0.2) is 69.0 Å². The number of rotatable bonds is 15. The maximum absolute atomic E-state index is 13.5. The summed E-state index contributed by atoms with van der Waals surface area (Å²) in [4.78, 5) is 13.5. The molecule has 0 aliphatic heterocycles. The Morgan fingerprint density at radius 3 is 2.17 bits per heavy atom. The highest BCUT2D eigenvalue weighted by Gasteiger charge is 2.23. The Morgan fingerprint density at radius 1 is 0.830 bits per heavy atom. The summed E-state index contributed by atoms with van der Waals surface area (Å²) >= 11 is 1.57. The maximum Gasteiger partial charge on any atom is 0.212 e. The van der Waals surface area contributed by atoms with Crippen LogP contribution in [0.5, 0.6) is 34.5 Å². The molecule has 0 saturated heterocycles. The molecule has 2 aromatic heterocycles. The molecule has 0 aliphatic carbocycles. The van der Waals surface area contributed by atoms with Crippen LogP contribution in [-0.2, 0) is 0 Å². The first-order valence-electron chi connectivity index (χ1n) is 14.7. The van der Waals surface area contributed by atoms with E-state index in [0.29, 0.717) is 57.7 Å². The van der Waals surface area contributed by atoms with E-state index < -0.39 is 0 Å². The van der Waals surface area contributed by atoms with Crippen molar-refractivity contribution in [3.63, 3.8) is 0 Å². The van der Waals surface area contributed by atoms with E-state index in [9.17, 15) is 4.79 Å². The van der Waals surface area contributed by atoms with Crippen LogP contribution >= 0.6 is 11.8 Å². The molecule has 12 nitrogen and oxygen atoms in total. The predicted molar refractivity (Wildman–Crippen MR) is 180 cm³/mol. The molecule has 0 bridgehead atoms. The number of hydrogen-bond donors (Lipinski definition) is 0. The number of benzene rings is 3. The van der Waals surface area contributed by atoms with Gasteiger partial charge in [-0.1, -0.05) is 42.1 Å². The first-order chi connectivity index (χ1) is 22.9. The normalized spacial score (nSPS) is 11.2. The van der Waals surface area contributed by atoms with E-state index in [-0.39, 0.29) is 22.1 Å². The molecule has 2 heterocycles. The van der Waals surface area contributed by atoms with Gasteiger partial charge in [-0.2, -0.15) is 9.78 Å². The van der Waals surface area contributed by atoms with Gasteiger partial charge in [0, 0.05) is 23.4 Å². The van der Waals surface area contributed by atoms with E-state index in [1.165, 1.54) is 41.6 Å². The van der Waals surface area contributed by atoms with Crippen LogP contribution in [0.3, 0.4) is 0 Å². The predicted octanol–water partition coefficient (Wildman–Crippen LogP) is 6.24. The van der Waals surface area contributed by atoms with Gasteiger partial charge in [0.2, 0.25) is 16.7 Å². The van der Waals surface area contributed by atoms with Crippen LogP contribution in [0, 0.1) is 6.92 Å². The highest BCUT2D eigenvalue weighted by molar-refractivity contribution is 7.99. The zero-order valence-electron chi connectivity index (χ0n) is 27.1. The summed E-state index contributed by atoms with van der Waals surface area (Å²) < 4.78 is 41.7. The summed E-state index contributed by atoms with van der Waals surface area (Å²) in [5.41, 5.74) is 1.51. The molecule has 47 heavy (non-hydrogen) atoms. The fraction of sp³-hybridized carbons (Fsp3) is 0.294. The summed E-state index contributed by atoms with van der Waals surface area (Å²) in [6.45, 7) is 2.23. The molecule has 0 unspecified atom stereocenters. The van der Waals surface area contributed by atoms with Crippen LogP contribution in [0.4, 0.5) is 0 Å². The minimum absolute atomic E-state index is 0.235. The van der Waals surface area contributed by atoms with E-state index in [4.69, 9.17) is 32.8 Å². The van der Waals surface area contributed by atoms with Crippen molar-refractivity contribution in [2.45, 2.75) is 24.9 Å². The van der Waals surface area contributed by atoms with E-state index in [1.807, 2.05) is 37.3 Å². The number of aryl methyl sites for hydroxylation is 1. The Hall–Kier alpha value is -5.17. The van der Waals surface area contributed by atoms with Crippen LogP contribution < -0.4 is 33.8 Å². The molecular formula is C34H36N4O8S. The van der Waals surface area contributed by atoms with Gasteiger partial charge in [0.1, 0.15) is 16.7 Å². The Balaban J connectivity index is 1.29. The largest absolute Gasteiger partial charge is 0.493 e. The molecule has 5 rings (SSSR count). The van der Waals surface area contributed by atoms with Crippen LogP contribution in [0.2, 0.25) is 0 Å². The number of ether oxygens (including phenoxy) is 6. The standard InChI is InChI=1S/C34H36N4O8S/c1-21-36-37-34(38(21)35-20-22-12-8-7-9-13-22)47-15-11-10-14-45-32-29(42-4)19-26-30(33(32)44-6)24(39)18-25(46-26)23-16-27(40-2)31(43-5)28(17-23)41-3/h7-9,12-13,16-20H,10-11,14-15H2,1-6H3. The summed E-state index contributed by atoms with van der Waals surface area (Å²) in [5, 5.41) is 13.9. The van der Waals surface area contributed by atoms with Crippen molar-refractivity contribution < 1.29 is 32.8 Å². The third-order valence-electron chi connectivity index (χ3n) is 7.17. The number of hydrogen-bond acceptors (Lipinski definition) is 12. The molecule has 3 aromatic carbocycles. The Kier molecular flexibility index (Phi) is 10.9. The number of nitrogens with zero attached hydrogens (tertiary/aromatic N) is 4. The Morgan fingerprint density at radius 2 is 1.51 bits per heavy atom. The number of methoxy groups -OCH3 is 5.